The molecule has 104 valence electrons. The van der Waals surface area contributed by atoms with Gasteiger partial charge in [0.05, 0.1) is 5.56 Å². The van der Waals surface area contributed by atoms with Gasteiger partial charge in [0.1, 0.15) is 6.61 Å². The van der Waals surface area contributed by atoms with Crippen LogP contribution in [0.2, 0.25) is 0 Å². The quantitative estimate of drug-likeness (QED) is 0.587. The molecule has 1 fully saturated rings. The van der Waals surface area contributed by atoms with Gasteiger partial charge in [0.2, 0.25) is 0 Å². The molecule has 2 rings (SSSR count). The summed E-state index contributed by atoms with van der Waals surface area (Å²) in [5.41, 5.74) is 0.0299. The molecule has 0 amide bonds. The summed E-state index contributed by atoms with van der Waals surface area (Å²) in [7, 11) is 0. The lowest BCUT2D eigenvalue weighted by atomic mass is 10.1. The number of oxime groups is 1. The molecule has 0 atom stereocenters. The van der Waals surface area contributed by atoms with Crippen molar-refractivity contribution in [3.05, 3.63) is 35.4 Å². The highest BCUT2D eigenvalue weighted by Gasteiger charge is 2.29. The first-order valence-electron chi connectivity index (χ1n) is 6.37. The van der Waals surface area contributed by atoms with E-state index in [0.29, 0.717) is 11.5 Å². The molecule has 1 aromatic rings. The zero-order valence-electron chi connectivity index (χ0n) is 10.5. The highest BCUT2D eigenvalue weighted by Crippen LogP contribution is 2.29. The third-order valence-corrected chi connectivity index (χ3v) is 3.26. The summed E-state index contributed by atoms with van der Waals surface area (Å²) < 4.78 is 37.0. The maximum absolute atomic E-state index is 12.3. The summed E-state index contributed by atoms with van der Waals surface area (Å²) in [5, 5.41) is 3.87. The topological polar surface area (TPSA) is 21.6 Å². The molecular formula is C14H16F3NO. The van der Waals surface area contributed by atoms with Crippen LogP contribution in [0.3, 0.4) is 0 Å². The van der Waals surface area contributed by atoms with Gasteiger partial charge in [-0.05, 0) is 36.5 Å². The third kappa shape index (κ3) is 4.26. The summed E-state index contributed by atoms with van der Waals surface area (Å²) in [6, 6.07) is 4.93. The number of rotatable bonds is 4. The Hall–Kier alpha value is -1.52. The average Bonchev–Trinajstić information content (AvgIpc) is 2.87. The van der Waals surface area contributed by atoms with E-state index in [4.69, 9.17) is 4.84 Å². The number of nitrogens with zero attached hydrogens (tertiary/aromatic N) is 1. The molecule has 5 heteroatoms. The van der Waals surface area contributed by atoms with Gasteiger partial charge in [-0.1, -0.05) is 30.1 Å². The third-order valence-electron chi connectivity index (χ3n) is 3.26. The smallest absolute Gasteiger partial charge is 0.391 e. The fourth-order valence-electron chi connectivity index (χ4n) is 2.14. The summed E-state index contributed by atoms with van der Waals surface area (Å²) in [6.45, 7) is 0.196. The second-order valence-electron chi connectivity index (χ2n) is 4.77. The van der Waals surface area contributed by atoms with Gasteiger partial charge in [0.15, 0.2) is 0 Å². The Balaban J connectivity index is 1.79. The minimum Gasteiger partial charge on any atom is -0.391 e. The van der Waals surface area contributed by atoms with Crippen molar-refractivity contribution < 1.29 is 18.0 Å². The van der Waals surface area contributed by atoms with Crippen molar-refractivity contribution >= 4 is 6.21 Å². The first-order chi connectivity index (χ1) is 9.05. The molecule has 0 unspecified atom stereocenters. The summed E-state index contributed by atoms with van der Waals surface area (Å²) in [6.07, 6.45) is 2.27. The monoisotopic (exact) mass is 271 g/mol. The molecule has 1 aliphatic carbocycles. The largest absolute Gasteiger partial charge is 0.416 e. The van der Waals surface area contributed by atoms with Crippen LogP contribution in [0.5, 0.6) is 0 Å². The molecular weight excluding hydrogens is 255 g/mol. The van der Waals surface area contributed by atoms with E-state index in [1.807, 2.05) is 0 Å². The molecule has 0 heterocycles. The maximum Gasteiger partial charge on any atom is 0.416 e. The molecule has 2 nitrogen and oxygen atoms in total. The minimum atomic E-state index is -4.29. The van der Waals surface area contributed by atoms with Crippen molar-refractivity contribution in [3.63, 3.8) is 0 Å². The molecule has 0 radical (unpaired) electrons. The fourth-order valence-corrected chi connectivity index (χ4v) is 2.14. The Labute approximate surface area is 110 Å². The number of benzene rings is 1. The molecule has 1 aliphatic rings. The van der Waals surface area contributed by atoms with Crippen LogP contribution in [-0.2, 0) is 17.6 Å². The Kier molecular flexibility index (Phi) is 4.45. The van der Waals surface area contributed by atoms with Gasteiger partial charge in [-0.15, -0.1) is 0 Å². The molecule has 0 aliphatic heterocycles. The van der Waals surface area contributed by atoms with Gasteiger partial charge in [-0.3, -0.25) is 0 Å². The average molecular weight is 271 g/mol. The van der Waals surface area contributed by atoms with Gasteiger partial charge >= 0.3 is 6.18 Å². The van der Waals surface area contributed by atoms with E-state index < -0.39 is 11.7 Å². The Morgan fingerprint density at radius 3 is 2.37 bits per heavy atom. The van der Waals surface area contributed by atoms with Crippen molar-refractivity contribution in [1.29, 1.82) is 0 Å². The van der Waals surface area contributed by atoms with E-state index in [-0.39, 0.29) is 6.61 Å². The fraction of sp³-hybridized carbons (Fsp3) is 0.500. The number of hydrogen-bond donors (Lipinski definition) is 0. The first-order valence-corrected chi connectivity index (χ1v) is 6.37. The Bertz CT molecular complexity index is 419. The van der Waals surface area contributed by atoms with Crippen LogP contribution in [0, 0.1) is 5.92 Å². The molecule has 0 N–H and O–H groups in total. The second kappa shape index (κ2) is 6.08. The van der Waals surface area contributed by atoms with E-state index in [1.54, 1.807) is 6.21 Å². The number of halogens is 3. The van der Waals surface area contributed by atoms with Crippen molar-refractivity contribution in [2.75, 3.05) is 0 Å². The van der Waals surface area contributed by atoms with Crippen LogP contribution in [0.1, 0.15) is 36.8 Å². The lowest BCUT2D eigenvalue weighted by Crippen LogP contribution is -2.04. The van der Waals surface area contributed by atoms with E-state index in [1.165, 1.54) is 25.0 Å². The zero-order chi connectivity index (χ0) is 13.7. The first kappa shape index (κ1) is 13.9. The normalized spacial score (nSPS) is 17.2. The molecule has 0 spiro atoms. The lowest BCUT2D eigenvalue weighted by Gasteiger charge is -2.07. The van der Waals surface area contributed by atoms with E-state index in [0.717, 1.165) is 25.0 Å². The lowest BCUT2D eigenvalue weighted by molar-refractivity contribution is -0.137. The maximum atomic E-state index is 12.3. The van der Waals surface area contributed by atoms with E-state index in [9.17, 15) is 13.2 Å². The van der Waals surface area contributed by atoms with Gasteiger partial charge in [-0.2, -0.15) is 13.2 Å². The van der Waals surface area contributed by atoms with E-state index in [2.05, 4.69) is 5.16 Å². The minimum absolute atomic E-state index is 0.196. The van der Waals surface area contributed by atoms with E-state index >= 15 is 0 Å². The standard InChI is InChI=1S/C14H16F3NO/c15-14(16,17)13-7-5-12(6-8-13)10-19-18-9-11-3-1-2-4-11/h5-9,11H,1-4,10H2. The number of alkyl halides is 3. The van der Waals surface area contributed by atoms with Crippen molar-refractivity contribution in [2.24, 2.45) is 11.1 Å². The summed E-state index contributed by atoms with van der Waals surface area (Å²) in [5.74, 6) is 0.493. The molecule has 19 heavy (non-hydrogen) atoms. The summed E-state index contributed by atoms with van der Waals surface area (Å²) in [4.78, 5) is 5.10. The van der Waals surface area contributed by atoms with Crippen LogP contribution < -0.4 is 0 Å². The van der Waals surface area contributed by atoms with Crippen molar-refractivity contribution in [3.8, 4) is 0 Å². The predicted molar refractivity (Wildman–Crippen MR) is 66.7 cm³/mol. The summed E-state index contributed by atoms with van der Waals surface area (Å²) >= 11 is 0. The molecule has 1 saturated carbocycles. The molecule has 0 bridgehead atoms. The zero-order valence-corrected chi connectivity index (χ0v) is 10.5. The van der Waals surface area contributed by atoms with Crippen molar-refractivity contribution in [1.82, 2.24) is 0 Å². The van der Waals surface area contributed by atoms with Gasteiger partial charge in [0.25, 0.3) is 0 Å². The molecule has 1 aromatic carbocycles. The number of hydrogen-bond acceptors (Lipinski definition) is 2. The second-order valence-corrected chi connectivity index (χ2v) is 4.77. The SMILES string of the molecule is FC(F)(F)c1ccc(CON=CC2CCCC2)cc1. The Morgan fingerprint density at radius 1 is 1.16 bits per heavy atom. The van der Waals surface area contributed by atoms with Crippen LogP contribution in [0.25, 0.3) is 0 Å². The highest BCUT2D eigenvalue weighted by molar-refractivity contribution is 5.60. The van der Waals surface area contributed by atoms with Gasteiger partial charge in [-0.25, -0.2) is 0 Å². The van der Waals surface area contributed by atoms with Crippen LogP contribution in [0.4, 0.5) is 13.2 Å². The molecule has 0 saturated heterocycles. The Morgan fingerprint density at radius 2 is 1.79 bits per heavy atom. The van der Waals surface area contributed by atoms with Crippen LogP contribution in [0.15, 0.2) is 29.4 Å². The van der Waals surface area contributed by atoms with Crippen LogP contribution in [-0.4, -0.2) is 6.21 Å². The van der Waals surface area contributed by atoms with Gasteiger partial charge in [0, 0.05) is 6.21 Å². The van der Waals surface area contributed by atoms with Crippen LogP contribution >= 0.6 is 0 Å². The van der Waals surface area contributed by atoms with Crippen molar-refractivity contribution in [2.45, 2.75) is 38.5 Å². The highest BCUT2D eigenvalue weighted by atomic mass is 19.4. The molecule has 0 aromatic heterocycles. The predicted octanol–water partition coefficient (Wildman–Crippen LogP) is 4.40. The van der Waals surface area contributed by atoms with Gasteiger partial charge < -0.3 is 4.84 Å².